The van der Waals surface area contributed by atoms with Crippen molar-refractivity contribution in [3.63, 3.8) is 0 Å². The van der Waals surface area contributed by atoms with Crippen LogP contribution in [0.4, 0.5) is 0 Å². The predicted octanol–water partition coefficient (Wildman–Crippen LogP) is 0.592. The van der Waals surface area contributed by atoms with E-state index in [4.69, 9.17) is 0 Å². The Morgan fingerprint density at radius 1 is 1.29 bits per heavy atom. The van der Waals surface area contributed by atoms with Gasteiger partial charge in [-0.2, -0.15) is 0 Å². The summed E-state index contributed by atoms with van der Waals surface area (Å²) in [6.45, 7) is 0. The summed E-state index contributed by atoms with van der Waals surface area (Å²) in [6, 6.07) is 9.03. The van der Waals surface area contributed by atoms with E-state index in [0.717, 1.165) is 0 Å². The molecule has 1 amide bonds. The Labute approximate surface area is 97.7 Å². The standard InChI is InChI=1S/C12H11N3O2/c1-13-11(16)10-7-14-8-15(12(10)17)9-5-3-2-4-6-9/h2-8H,1H3,(H,13,16). The molecule has 0 saturated heterocycles. The van der Waals surface area contributed by atoms with E-state index in [1.165, 1.54) is 24.1 Å². The number of amides is 1. The number of carbonyl (C=O) groups excluding carboxylic acids is 1. The first kappa shape index (κ1) is 11.1. The number of rotatable bonds is 2. The maximum atomic E-state index is 12.0. The van der Waals surface area contributed by atoms with Crippen molar-refractivity contribution in [2.75, 3.05) is 7.05 Å². The molecule has 17 heavy (non-hydrogen) atoms. The molecule has 5 heteroatoms. The number of nitrogens with one attached hydrogen (secondary N) is 1. The highest BCUT2D eigenvalue weighted by atomic mass is 16.2. The van der Waals surface area contributed by atoms with Gasteiger partial charge in [0.25, 0.3) is 11.5 Å². The van der Waals surface area contributed by atoms with Gasteiger partial charge in [-0.3, -0.25) is 14.2 Å². The molecule has 0 saturated carbocycles. The predicted molar refractivity (Wildman–Crippen MR) is 63.2 cm³/mol. The highest BCUT2D eigenvalue weighted by Gasteiger charge is 2.11. The molecule has 5 nitrogen and oxygen atoms in total. The molecule has 0 unspecified atom stereocenters. The summed E-state index contributed by atoms with van der Waals surface area (Å²) < 4.78 is 1.34. The van der Waals surface area contributed by atoms with Crippen molar-refractivity contribution in [3.05, 3.63) is 58.8 Å². The van der Waals surface area contributed by atoms with Gasteiger partial charge in [-0.05, 0) is 12.1 Å². The van der Waals surface area contributed by atoms with Gasteiger partial charge >= 0.3 is 0 Å². The maximum Gasteiger partial charge on any atom is 0.270 e. The molecule has 1 N–H and O–H groups in total. The maximum absolute atomic E-state index is 12.0. The zero-order valence-electron chi connectivity index (χ0n) is 9.25. The third-order valence-corrected chi connectivity index (χ3v) is 2.34. The van der Waals surface area contributed by atoms with Gasteiger partial charge in [0, 0.05) is 13.2 Å². The minimum atomic E-state index is -0.437. The summed E-state index contributed by atoms with van der Waals surface area (Å²) in [6.07, 6.45) is 2.66. The molecule has 0 spiro atoms. The molecule has 86 valence electrons. The van der Waals surface area contributed by atoms with E-state index in [0.29, 0.717) is 5.69 Å². The molecule has 0 aliphatic carbocycles. The molecule has 0 aliphatic rings. The SMILES string of the molecule is CNC(=O)c1cncn(-c2ccccc2)c1=O. The lowest BCUT2D eigenvalue weighted by Gasteiger charge is -2.06. The number of benzene rings is 1. The summed E-state index contributed by atoms with van der Waals surface area (Å²) in [5, 5.41) is 2.41. The average Bonchev–Trinajstić information content (AvgIpc) is 2.39. The van der Waals surface area contributed by atoms with E-state index in [9.17, 15) is 9.59 Å². The van der Waals surface area contributed by atoms with Crippen LogP contribution in [-0.2, 0) is 0 Å². The molecule has 0 atom stereocenters. The summed E-state index contributed by atoms with van der Waals surface area (Å²) in [4.78, 5) is 27.4. The summed E-state index contributed by atoms with van der Waals surface area (Å²) >= 11 is 0. The molecule has 0 aliphatic heterocycles. The Bertz CT molecular complexity index is 590. The molecular weight excluding hydrogens is 218 g/mol. The average molecular weight is 229 g/mol. The fraction of sp³-hybridized carbons (Fsp3) is 0.0833. The van der Waals surface area contributed by atoms with Gasteiger partial charge in [-0.1, -0.05) is 18.2 Å². The zero-order valence-corrected chi connectivity index (χ0v) is 9.25. The van der Waals surface area contributed by atoms with Gasteiger partial charge < -0.3 is 5.32 Å². The number of aromatic nitrogens is 2. The van der Waals surface area contributed by atoms with Crippen LogP contribution in [0.2, 0.25) is 0 Å². The van der Waals surface area contributed by atoms with Crippen molar-refractivity contribution in [1.29, 1.82) is 0 Å². The number of para-hydroxylation sites is 1. The Balaban J connectivity index is 2.58. The lowest BCUT2D eigenvalue weighted by atomic mass is 10.3. The van der Waals surface area contributed by atoms with Crippen LogP contribution < -0.4 is 10.9 Å². The van der Waals surface area contributed by atoms with E-state index >= 15 is 0 Å². The third-order valence-electron chi connectivity index (χ3n) is 2.34. The van der Waals surface area contributed by atoms with Crippen molar-refractivity contribution in [3.8, 4) is 5.69 Å². The normalized spacial score (nSPS) is 9.94. The van der Waals surface area contributed by atoms with Crippen LogP contribution in [0.25, 0.3) is 5.69 Å². The first-order chi connectivity index (χ1) is 8.24. The molecule has 0 radical (unpaired) electrons. The van der Waals surface area contributed by atoms with Gasteiger partial charge in [-0.25, -0.2) is 4.98 Å². The summed E-state index contributed by atoms with van der Waals surface area (Å²) in [7, 11) is 1.47. The van der Waals surface area contributed by atoms with Crippen LogP contribution in [0, 0.1) is 0 Å². The van der Waals surface area contributed by atoms with Crippen molar-refractivity contribution in [2.45, 2.75) is 0 Å². The summed E-state index contributed by atoms with van der Waals surface area (Å²) in [5.41, 5.74) is 0.320. The molecule has 1 aromatic heterocycles. The lowest BCUT2D eigenvalue weighted by molar-refractivity contribution is 0.0961. The van der Waals surface area contributed by atoms with Crippen LogP contribution in [0.1, 0.15) is 10.4 Å². The van der Waals surface area contributed by atoms with Crippen molar-refractivity contribution in [1.82, 2.24) is 14.9 Å². The van der Waals surface area contributed by atoms with E-state index in [-0.39, 0.29) is 11.1 Å². The second kappa shape index (κ2) is 4.61. The van der Waals surface area contributed by atoms with Crippen molar-refractivity contribution in [2.24, 2.45) is 0 Å². The molecule has 0 bridgehead atoms. The van der Waals surface area contributed by atoms with Crippen LogP contribution in [0.3, 0.4) is 0 Å². The molecule has 2 rings (SSSR count). The minimum Gasteiger partial charge on any atom is -0.355 e. The highest BCUT2D eigenvalue weighted by molar-refractivity contribution is 5.93. The number of carbonyl (C=O) groups is 1. The molecule has 1 heterocycles. The van der Waals surface area contributed by atoms with E-state index in [2.05, 4.69) is 10.3 Å². The topological polar surface area (TPSA) is 64.0 Å². The zero-order chi connectivity index (χ0) is 12.3. The fourth-order valence-corrected chi connectivity index (χ4v) is 1.47. The molecule has 1 aromatic carbocycles. The van der Waals surface area contributed by atoms with Crippen LogP contribution in [-0.4, -0.2) is 22.5 Å². The second-order valence-corrected chi connectivity index (χ2v) is 3.40. The van der Waals surface area contributed by atoms with Crippen LogP contribution >= 0.6 is 0 Å². The number of nitrogens with zero attached hydrogens (tertiary/aromatic N) is 2. The van der Waals surface area contributed by atoms with Gasteiger partial charge in [-0.15, -0.1) is 0 Å². The first-order valence-corrected chi connectivity index (χ1v) is 5.08. The first-order valence-electron chi connectivity index (χ1n) is 5.08. The molecule has 0 fully saturated rings. The quantitative estimate of drug-likeness (QED) is 0.819. The Morgan fingerprint density at radius 2 is 2.00 bits per heavy atom. The Morgan fingerprint density at radius 3 is 2.65 bits per heavy atom. The monoisotopic (exact) mass is 229 g/mol. The van der Waals surface area contributed by atoms with E-state index in [1.54, 1.807) is 12.1 Å². The van der Waals surface area contributed by atoms with Crippen molar-refractivity contribution >= 4 is 5.91 Å². The molecule has 2 aromatic rings. The van der Waals surface area contributed by atoms with E-state index < -0.39 is 5.91 Å². The van der Waals surface area contributed by atoms with Crippen LogP contribution in [0.15, 0.2) is 47.7 Å². The largest absolute Gasteiger partial charge is 0.355 e. The van der Waals surface area contributed by atoms with Gasteiger partial charge in [0.15, 0.2) is 0 Å². The van der Waals surface area contributed by atoms with Crippen LogP contribution in [0.5, 0.6) is 0 Å². The smallest absolute Gasteiger partial charge is 0.270 e. The molecular formula is C12H11N3O2. The Hall–Kier alpha value is -2.43. The second-order valence-electron chi connectivity index (χ2n) is 3.40. The van der Waals surface area contributed by atoms with Gasteiger partial charge in [0.2, 0.25) is 0 Å². The number of hydrogen-bond donors (Lipinski definition) is 1. The van der Waals surface area contributed by atoms with Gasteiger partial charge in [0.05, 0.1) is 5.69 Å². The van der Waals surface area contributed by atoms with Gasteiger partial charge in [0.1, 0.15) is 11.9 Å². The van der Waals surface area contributed by atoms with E-state index in [1.807, 2.05) is 18.2 Å². The Kier molecular flexibility index (Phi) is 3.00. The lowest BCUT2D eigenvalue weighted by Crippen LogP contribution is -2.30. The third kappa shape index (κ3) is 2.08. The summed E-state index contributed by atoms with van der Waals surface area (Å²) in [5.74, 6) is -0.437. The fourth-order valence-electron chi connectivity index (χ4n) is 1.47. The minimum absolute atomic E-state index is 0.0267. The highest BCUT2D eigenvalue weighted by Crippen LogP contribution is 2.03. The van der Waals surface area contributed by atoms with Crippen molar-refractivity contribution < 1.29 is 4.79 Å². The number of hydrogen-bond acceptors (Lipinski definition) is 3.